The third kappa shape index (κ3) is 5.71. The molecule has 146 valence electrons. The lowest BCUT2D eigenvalue weighted by Gasteiger charge is -2.10. The number of hydrogen-bond acceptors (Lipinski definition) is 6. The Morgan fingerprint density at radius 1 is 1.25 bits per heavy atom. The minimum Gasteiger partial charge on any atom is -0.459 e. The molecule has 2 aromatic heterocycles. The zero-order chi connectivity index (χ0) is 19.9. The Morgan fingerprint density at radius 2 is 2.11 bits per heavy atom. The molecule has 3 rings (SSSR count). The molecule has 0 bridgehead atoms. The molecular weight excluding hydrogens is 394 g/mol. The van der Waals surface area contributed by atoms with Crippen LogP contribution in [0.1, 0.15) is 34.7 Å². The second-order valence-corrected chi connectivity index (χ2v) is 8.40. The van der Waals surface area contributed by atoms with Gasteiger partial charge >= 0.3 is 0 Å². The van der Waals surface area contributed by atoms with E-state index in [9.17, 15) is 9.59 Å². The van der Waals surface area contributed by atoms with E-state index in [0.717, 1.165) is 26.2 Å². The van der Waals surface area contributed by atoms with Crippen molar-refractivity contribution < 1.29 is 14.0 Å². The third-order valence-electron chi connectivity index (χ3n) is 3.89. The van der Waals surface area contributed by atoms with Crippen LogP contribution in [0.25, 0.3) is 0 Å². The van der Waals surface area contributed by atoms with E-state index in [1.165, 1.54) is 6.26 Å². The number of amides is 2. The number of rotatable bonds is 8. The van der Waals surface area contributed by atoms with Gasteiger partial charge in [0.25, 0.3) is 5.91 Å². The van der Waals surface area contributed by atoms with Crippen LogP contribution in [-0.2, 0) is 4.79 Å². The van der Waals surface area contributed by atoms with Gasteiger partial charge in [0.2, 0.25) is 5.91 Å². The highest BCUT2D eigenvalue weighted by Gasteiger charge is 2.10. The SMILES string of the molecule is Cc1csc(Sc2ccc(NC(=O)CCCNC(=O)c3ccco3)c(C)c2)n1. The number of anilines is 1. The first-order valence-electron chi connectivity index (χ1n) is 8.83. The first kappa shape index (κ1) is 20.2. The molecule has 1 aromatic carbocycles. The van der Waals surface area contributed by atoms with Gasteiger partial charge in [-0.15, -0.1) is 11.3 Å². The number of benzene rings is 1. The first-order chi connectivity index (χ1) is 13.5. The summed E-state index contributed by atoms with van der Waals surface area (Å²) >= 11 is 3.24. The average Bonchev–Trinajstić information content (AvgIpc) is 3.33. The maximum absolute atomic E-state index is 12.2. The van der Waals surface area contributed by atoms with Crippen molar-refractivity contribution in [1.29, 1.82) is 0 Å². The van der Waals surface area contributed by atoms with Crippen molar-refractivity contribution in [2.75, 3.05) is 11.9 Å². The van der Waals surface area contributed by atoms with Crippen molar-refractivity contribution in [3.8, 4) is 0 Å². The molecule has 0 spiro atoms. The van der Waals surface area contributed by atoms with E-state index >= 15 is 0 Å². The molecule has 0 aliphatic carbocycles. The molecule has 0 saturated heterocycles. The molecule has 2 N–H and O–H groups in total. The highest BCUT2D eigenvalue weighted by molar-refractivity contribution is 8.01. The standard InChI is InChI=1S/C20H21N3O3S2/c1-13-11-15(28-20-22-14(2)12-27-20)7-8-16(13)23-18(24)6-3-9-21-19(25)17-5-4-10-26-17/h4-5,7-8,10-12H,3,6,9H2,1-2H3,(H,21,25)(H,23,24). The highest BCUT2D eigenvalue weighted by atomic mass is 32.2. The number of carbonyl (C=O) groups excluding carboxylic acids is 2. The number of nitrogens with one attached hydrogen (secondary N) is 2. The van der Waals surface area contributed by atoms with E-state index in [0.29, 0.717) is 19.4 Å². The lowest BCUT2D eigenvalue weighted by Crippen LogP contribution is -2.25. The summed E-state index contributed by atoms with van der Waals surface area (Å²) < 4.78 is 6.02. The van der Waals surface area contributed by atoms with Crippen LogP contribution in [-0.4, -0.2) is 23.3 Å². The summed E-state index contributed by atoms with van der Waals surface area (Å²) in [5, 5.41) is 7.68. The molecule has 28 heavy (non-hydrogen) atoms. The predicted octanol–water partition coefficient (Wildman–Crippen LogP) is 4.65. The van der Waals surface area contributed by atoms with E-state index in [1.807, 2.05) is 37.4 Å². The molecular formula is C20H21N3O3S2. The van der Waals surface area contributed by atoms with Gasteiger partial charge in [-0.05, 0) is 56.2 Å². The lowest BCUT2D eigenvalue weighted by atomic mass is 10.2. The Bertz CT molecular complexity index is 952. The van der Waals surface area contributed by atoms with E-state index in [-0.39, 0.29) is 17.6 Å². The topological polar surface area (TPSA) is 84.2 Å². The van der Waals surface area contributed by atoms with E-state index in [4.69, 9.17) is 4.42 Å². The van der Waals surface area contributed by atoms with Gasteiger partial charge in [-0.25, -0.2) is 4.98 Å². The quantitative estimate of drug-likeness (QED) is 0.523. The number of hydrogen-bond donors (Lipinski definition) is 2. The largest absolute Gasteiger partial charge is 0.459 e. The van der Waals surface area contributed by atoms with Crippen LogP contribution in [0.15, 0.2) is 55.6 Å². The number of furan rings is 1. The van der Waals surface area contributed by atoms with Gasteiger partial charge in [0.1, 0.15) is 0 Å². The Kier molecular flexibility index (Phi) is 6.89. The van der Waals surface area contributed by atoms with Gasteiger partial charge in [-0.2, -0.15) is 0 Å². The zero-order valence-corrected chi connectivity index (χ0v) is 17.3. The molecule has 3 aromatic rings. The molecule has 0 fully saturated rings. The third-order valence-corrected chi connectivity index (χ3v) is 5.93. The van der Waals surface area contributed by atoms with Gasteiger partial charge < -0.3 is 15.1 Å². The summed E-state index contributed by atoms with van der Waals surface area (Å²) in [6, 6.07) is 9.19. The number of aromatic nitrogens is 1. The summed E-state index contributed by atoms with van der Waals surface area (Å²) in [6.45, 7) is 4.36. The van der Waals surface area contributed by atoms with Gasteiger partial charge in [-0.3, -0.25) is 9.59 Å². The van der Waals surface area contributed by atoms with Crippen molar-refractivity contribution in [3.63, 3.8) is 0 Å². The molecule has 0 saturated carbocycles. The van der Waals surface area contributed by atoms with Crippen LogP contribution in [0, 0.1) is 13.8 Å². The number of aryl methyl sites for hydroxylation is 2. The normalized spacial score (nSPS) is 10.6. The van der Waals surface area contributed by atoms with Gasteiger partial charge in [0, 0.05) is 34.6 Å². The molecule has 0 radical (unpaired) electrons. The minimum atomic E-state index is -0.273. The van der Waals surface area contributed by atoms with Crippen molar-refractivity contribution in [2.24, 2.45) is 0 Å². The molecule has 0 unspecified atom stereocenters. The second-order valence-electron chi connectivity index (χ2n) is 6.22. The Morgan fingerprint density at radius 3 is 2.79 bits per heavy atom. The molecule has 0 aliphatic heterocycles. The fraction of sp³-hybridized carbons (Fsp3) is 0.250. The molecule has 0 atom stereocenters. The van der Waals surface area contributed by atoms with Crippen LogP contribution in [0.2, 0.25) is 0 Å². The Labute approximate surface area is 171 Å². The predicted molar refractivity (Wildman–Crippen MR) is 111 cm³/mol. The molecule has 2 amide bonds. The fourth-order valence-electron chi connectivity index (χ4n) is 2.48. The van der Waals surface area contributed by atoms with Crippen LogP contribution in [0.3, 0.4) is 0 Å². The average molecular weight is 416 g/mol. The summed E-state index contributed by atoms with van der Waals surface area (Å²) in [4.78, 5) is 29.4. The lowest BCUT2D eigenvalue weighted by molar-refractivity contribution is -0.116. The highest BCUT2D eigenvalue weighted by Crippen LogP contribution is 2.32. The van der Waals surface area contributed by atoms with Gasteiger partial charge in [0.05, 0.1) is 6.26 Å². The summed E-state index contributed by atoms with van der Waals surface area (Å²) in [7, 11) is 0. The number of carbonyl (C=O) groups is 2. The van der Waals surface area contributed by atoms with Crippen LogP contribution < -0.4 is 10.6 Å². The van der Waals surface area contributed by atoms with Gasteiger partial charge in [-0.1, -0.05) is 11.8 Å². The van der Waals surface area contributed by atoms with Crippen molar-refractivity contribution in [3.05, 3.63) is 59.0 Å². The molecule has 8 heteroatoms. The summed E-state index contributed by atoms with van der Waals surface area (Å²) in [5.41, 5.74) is 2.82. The number of nitrogens with zero attached hydrogens (tertiary/aromatic N) is 1. The van der Waals surface area contributed by atoms with Crippen LogP contribution in [0.5, 0.6) is 0 Å². The van der Waals surface area contributed by atoms with Crippen molar-refractivity contribution in [2.45, 2.75) is 35.9 Å². The Hall–Kier alpha value is -2.58. The second kappa shape index (κ2) is 9.57. The fourth-order valence-corrected chi connectivity index (χ4v) is 4.39. The minimum absolute atomic E-state index is 0.0775. The van der Waals surface area contributed by atoms with E-state index in [2.05, 4.69) is 15.6 Å². The molecule has 6 nitrogen and oxygen atoms in total. The number of thiazole rings is 1. The maximum atomic E-state index is 12.2. The zero-order valence-electron chi connectivity index (χ0n) is 15.7. The van der Waals surface area contributed by atoms with E-state index in [1.54, 1.807) is 35.2 Å². The molecule has 2 heterocycles. The van der Waals surface area contributed by atoms with Gasteiger partial charge in [0.15, 0.2) is 10.1 Å². The monoisotopic (exact) mass is 415 g/mol. The molecule has 0 aliphatic rings. The Balaban J connectivity index is 1.44. The van der Waals surface area contributed by atoms with Crippen molar-refractivity contribution in [1.82, 2.24) is 10.3 Å². The maximum Gasteiger partial charge on any atom is 0.286 e. The summed E-state index contributed by atoms with van der Waals surface area (Å²) in [5.74, 6) is -0.0815. The van der Waals surface area contributed by atoms with Crippen LogP contribution >= 0.6 is 23.1 Å². The van der Waals surface area contributed by atoms with Crippen LogP contribution in [0.4, 0.5) is 5.69 Å². The van der Waals surface area contributed by atoms with E-state index < -0.39 is 0 Å². The van der Waals surface area contributed by atoms with Crippen molar-refractivity contribution >= 4 is 40.6 Å². The first-order valence-corrected chi connectivity index (χ1v) is 10.5. The smallest absolute Gasteiger partial charge is 0.286 e. The summed E-state index contributed by atoms with van der Waals surface area (Å²) in [6.07, 6.45) is 2.33.